The molecule has 22 N–H and O–H groups in total. The standard InChI is InChI=1S/C81H114ClN19O17/c1-6-7-15-56(71(107)99-64(81(117)118)38-48-22-26-52(102)27-23-48)93-78(114)66-19-13-34-101(66)80(116)59(29-31-68(86)104)91-69(105)43-89-77(113)65-18-12-33-100(65)79(115)58(17-10-11-32-83)94-74(110)61(36-46(4)5)96-72(108)57(28-30-67(85)103)92-73(109)60(35-45(2)3)97-75(111)62(39-49-41-88-55-16-9-8-14-53(49)55)98-76(112)63(40-51-42-87-44-90-51)95-70(106)54(84)37-47-20-24-50(82)25-21-47/h8-9,14,16,20-27,41-42,44-46,54,56-66,88,102H,6-7,10-13,15,17-19,28-40,43,83-84H2,1-5H3,(H2,85,103)(H2,86,104)(H,87,90)(H,89,113)(H,91,105)(H,92,109)(H,93,114)(H,94,110)(H,95,106)(H,96,108)(H,97,111)(H,98,112)(H,99,107)(H,117,118)/t54-,56-,57-,58-,59-,60-,61-,62-,63-,64-,65-,66-/m0/s1. The lowest BCUT2D eigenvalue weighted by Crippen LogP contribution is -2.61. The van der Waals surface area contributed by atoms with E-state index in [4.69, 9.17) is 34.5 Å². The Morgan fingerprint density at radius 1 is 0.534 bits per heavy atom. The first-order valence-electron chi connectivity index (χ1n) is 40.1. The van der Waals surface area contributed by atoms with Crippen LogP contribution in [0, 0.1) is 11.8 Å². The highest BCUT2D eigenvalue weighted by atomic mass is 35.5. The van der Waals surface area contributed by atoms with Gasteiger partial charge in [-0.15, -0.1) is 0 Å². The molecule has 37 heteroatoms. The van der Waals surface area contributed by atoms with Crippen molar-refractivity contribution in [2.24, 2.45) is 34.8 Å². The lowest BCUT2D eigenvalue weighted by atomic mass is 9.99. The second-order valence-corrected chi connectivity index (χ2v) is 31.3. The maximum Gasteiger partial charge on any atom is 0.326 e. The Balaban J connectivity index is 1.02. The summed E-state index contributed by atoms with van der Waals surface area (Å²) in [4.78, 5) is 223. The molecule has 36 nitrogen and oxygen atoms in total. The Morgan fingerprint density at radius 2 is 1.02 bits per heavy atom. The maximum atomic E-state index is 15.0. The maximum absolute atomic E-state index is 15.0. The normalized spacial score (nSPS) is 16.5. The summed E-state index contributed by atoms with van der Waals surface area (Å²) in [5, 5.41) is 47.7. The van der Waals surface area contributed by atoms with Crippen molar-refractivity contribution in [3.63, 3.8) is 0 Å². The van der Waals surface area contributed by atoms with Crippen LogP contribution in [-0.2, 0) is 97.6 Å². The van der Waals surface area contributed by atoms with E-state index in [0.717, 1.165) is 10.9 Å². The number of carbonyl (C=O) groups excluding carboxylic acids is 14. The Kier molecular flexibility index (Phi) is 36.8. The van der Waals surface area contributed by atoms with E-state index in [0.29, 0.717) is 65.9 Å². The third-order valence-corrected chi connectivity index (χ3v) is 20.7. The summed E-state index contributed by atoms with van der Waals surface area (Å²) in [6.07, 6.45) is 5.48. The molecule has 12 atom stereocenters. The second kappa shape index (κ2) is 46.4. The van der Waals surface area contributed by atoms with E-state index in [2.05, 4.69) is 68.1 Å². The quantitative estimate of drug-likeness (QED) is 0.0233. The van der Waals surface area contributed by atoms with Gasteiger partial charge in [-0.1, -0.05) is 102 Å². The van der Waals surface area contributed by atoms with E-state index < -0.39 is 174 Å². The number of fused-ring (bicyclic) bond motifs is 1. The summed E-state index contributed by atoms with van der Waals surface area (Å²) in [6.45, 7) is 8.49. The number of phenols is 1. The lowest BCUT2D eigenvalue weighted by molar-refractivity contribution is -0.144. The van der Waals surface area contributed by atoms with Crippen LogP contribution >= 0.6 is 11.6 Å². The molecule has 642 valence electrons. The number of para-hydroxylation sites is 1. The molecule has 2 saturated heterocycles. The number of phenolic OH excluding ortho intramolecular Hbond substituents is 1. The molecule has 0 saturated carbocycles. The van der Waals surface area contributed by atoms with Gasteiger partial charge in [0.25, 0.3) is 0 Å². The number of imidazole rings is 1. The van der Waals surface area contributed by atoms with Gasteiger partial charge in [0, 0.05) is 73.5 Å². The number of primary amides is 2. The van der Waals surface area contributed by atoms with Crippen LogP contribution in [0.25, 0.3) is 10.9 Å². The van der Waals surface area contributed by atoms with Crippen molar-refractivity contribution in [2.45, 2.75) is 236 Å². The summed E-state index contributed by atoms with van der Waals surface area (Å²) < 4.78 is 0. The summed E-state index contributed by atoms with van der Waals surface area (Å²) in [5.74, 6) is -13.3. The SMILES string of the molecule is CCCC[C@H](NC(=O)[C@@H]1CCCN1C(=O)[C@H](CCC(N)=O)NC(=O)CNC(=O)[C@@H]1CCCN1C(=O)[C@H](CCCCN)NC(=O)[C@H](CC(C)C)NC(=O)[C@H](CCC(N)=O)NC(=O)[C@H](CC(C)C)NC(=O)[C@H](Cc1c[nH]c2ccccc12)NC(=O)[C@H](Cc1c[nH]cn1)NC(=O)[C@@H](N)Cc1ccc(Cl)cc1)C(=O)N[C@@H](Cc1ccc(O)cc1)C(=O)O. The highest BCUT2D eigenvalue weighted by Crippen LogP contribution is 2.25. The van der Waals surface area contributed by atoms with Gasteiger partial charge in [-0.2, -0.15) is 0 Å². The minimum absolute atomic E-state index is 0.0118. The van der Waals surface area contributed by atoms with E-state index >= 15 is 0 Å². The molecule has 2 fully saturated rings. The largest absolute Gasteiger partial charge is 0.508 e. The van der Waals surface area contributed by atoms with Crippen molar-refractivity contribution in [2.75, 3.05) is 26.2 Å². The molecule has 2 aromatic heterocycles. The smallest absolute Gasteiger partial charge is 0.326 e. The monoisotopic (exact) mass is 1660 g/mol. The van der Waals surface area contributed by atoms with Crippen LogP contribution in [0.1, 0.15) is 160 Å². The minimum Gasteiger partial charge on any atom is -0.508 e. The van der Waals surface area contributed by atoms with Gasteiger partial charge in [0.15, 0.2) is 0 Å². The number of amides is 14. The fourth-order valence-electron chi connectivity index (χ4n) is 14.2. The summed E-state index contributed by atoms with van der Waals surface area (Å²) in [6, 6.07) is 3.70. The summed E-state index contributed by atoms with van der Waals surface area (Å²) >= 11 is 6.09. The van der Waals surface area contributed by atoms with Crippen LogP contribution in [0.5, 0.6) is 5.75 Å². The molecule has 3 aromatic carbocycles. The van der Waals surface area contributed by atoms with E-state index in [-0.39, 0.29) is 121 Å². The molecule has 2 aliphatic rings. The number of nitrogens with one attached hydrogen (secondary N) is 12. The molecule has 14 amide bonds. The number of carboxylic acids is 1. The predicted octanol–water partition coefficient (Wildman–Crippen LogP) is 0.336. The van der Waals surface area contributed by atoms with Crippen LogP contribution in [0.3, 0.4) is 0 Å². The number of hydrogen-bond acceptors (Lipinski definition) is 19. The molecule has 0 spiro atoms. The number of aromatic nitrogens is 3. The number of rotatable bonds is 48. The van der Waals surface area contributed by atoms with Crippen LogP contribution in [-0.4, -0.2) is 222 Å². The number of aliphatic carboxylic acids is 1. The van der Waals surface area contributed by atoms with Crippen molar-refractivity contribution in [3.8, 4) is 5.75 Å². The number of carbonyl (C=O) groups is 15. The first kappa shape index (κ1) is 93.6. The van der Waals surface area contributed by atoms with Crippen molar-refractivity contribution < 1.29 is 82.1 Å². The number of nitrogens with zero attached hydrogens (tertiary/aromatic N) is 3. The molecule has 2 aliphatic heterocycles. The fourth-order valence-corrected chi connectivity index (χ4v) is 14.4. The van der Waals surface area contributed by atoms with Gasteiger partial charge in [-0.05, 0) is 149 Å². The summed E-state index contributed by atoms with van der Waals surface area (Å²) in [7, 11) is 0. The average molecular weight is 1660 g/mol. The second-order valence-electron chi connectivity index (χ2n) is 30.9. The lowest BCUT2D eigenvalue weighted by Gasteiger charge is -2.31. The Hall–Kier alpha value is -11.5. The third-order valence-electron chi connectivity index (χ3n) is 20.5. The number of benzene rings is 3. The molecule has 0 bridgehead atoms. The highest BCUT2D eigenvalue weighted by Gasteiger charge is 2.43. The molecular formula is C81H114ClN19O17. The number of aromatic amines is 2. The topological polar surface area (TPSA) is 572 Å². The van der Waals surface area contributed by atoms with Crippen molar-refractivity contribution in [1.82, 2.24) is 77.9 Å². The number of nitrogens with two attached hydrogens (primary N) is 4. The Bertz CT molecular complexity index is 4280. The zero-order valence-electron chi connectivity index (χ0n) is 67.3. The molecule has 5 aromatic rings. The van der Waals surface area contributed by atoms with Crippen LogP contribution in [0.4, 0.5) is 0 Å². The molecule has 0 unspecified atom stereocenters. The van der Waals surface area contributed by atoms with Crippen molar-refractivity contribution in [3.05, 3.63) is 119 Å². The highest BCUT2D eigenvalue weighted by molar-refractivity contribution is 6.30. The van der Waals surface area contributed by atoms with E-state index in [9.17, 15) is 82.1 Å². The zero-order chi connectivity index (χ0) is 86.3. The molecular weight excluding hydrogens is 1550 g/mol. The zero-order valence-corrected chi connectivity index (χ0v) is 68.0. The number of hydrogen-bond donors (Lipinski definition) is 18. The number of aromatic hydroxyl groups is 1. The number of carboxylic acid groups (broad SMARTS) is 1. The van der Waals surface area contributed by atoms with E-state index in [1.54, 1.807) is 64.2 Å². The van der Waals surface area contributed by atoms with Gasteiger partial charge >= 0.3 is 5.97 Å². The van der Waals surface area contributed by atoms with Crippen molar-refractivity contribution >= 4 is 111 Å². The molecule has 7 rings (SSSR count). The predicted molar refractivity (Wildman–Crippen MR) is 435 cm³/mol. The first-order valence-corrected chi connectivity index (χ1v) is 40.5. The fraction of sp³-hybridized carbons (Fsp3) is 0.531. The molecule has 4 heterocycles. The van der Waals surface area contributed by atoms with Gasteiger partial charge in [-0.25, -0.2) is 9.78 Å². The minimum atomic E-state index is -1.58. The molecule has 118 heavy (non-hydrogen) atoms. The van der Waals surface area contributed by atoms with Gasteiger partial charge in [0.1, 0.15) is 72.2 Å². The first-order chi connectivity index (χ1) is 56.2. The Morgan fingerprint density at radius 3 is 1.58 bits per heavy atom. The van der Waals surface area contributed by atoms with Crippen LogP contribution in [0.2, 0.25) is 5.02 Å². The van der Waals surface area contributed by atoms with Gasteiger partial charge < -0.3 is 106 Å². The van der Waals surface area contributed by atoms with Gasteiger partial charge in [0.05, 0.1) is 24.6 Å². The number of H-pyrrole nitrogens is 2. The number of halogens is 1. The third kappa shape index (κ3) is 29.3. The van der Waals surface area contributed by atoms with Crippen LogP contribution < -0.4 is 76.1 Å². The van der Waals surface area contributed by atoms with E-state index in [1.807, 2.05) is 25.1 Å². The molecule has 0 radical (unpaired) electrons. The van der Waals surface area contributed by atoms with Crippen molar-refractivity contribution in [1.29, 1.82) is 0 Å². The van der Waals surface area contributed by atoms with Gasteiger partial charge in [-0.3, -0.25) is 67.1 Å². The van der Waals surface area contributed by atoms with E-state index in [1.165, 1.54) is 46.6 Å². The Labute approximate surface area is 689 Å². The summed E-state index contributed by atoms with van der Waals surface area (Å²) in [5.41, 5.74) is 26.3. The van der Waals surface area contributed by atoms with Gasteiger partial charge in [0.2, 0.25) is 82.7 Å². The number of unbranched alkanes of at least 4 members (excludes halogenated alkanes) is 2. The molecule has 0 aliphatic carbocycles. The number of likely N-dealkylation sites (tertiary alicyclic amines) is 2. The van der Waals surface area contributed by atoms with Crippen LogP contribution in [0.15, 0.2) is 91.5 Å². The average Bonchev–Trinajstić information content (AvgIpc) is 1.65.